The van der Waals surface area contributed by atoms with Gasteiger partial charge in [-0.2, -0.15) is 0 Å². The molecule has 3 N–H and O–H groups in total. The predicted molar refractivity (Wildman–Crippen MR) is 75.1 cm³/mol. The van der Waals surface area contributed by atoms with Crippen molar-refractivity contribution in [3.05, 3.63) is 23.6 Å². The number of allylic oxidation sites excluding steroid dienone is 3. The molecule has 0 aromatic carbocycles. The molecule has 2 amide bonds. The Morgan fingerprint density at radius 1 is 1.57 bits per heavy atom. The van der Waals surface area contributed by atoms with Crippen molar-refractivity contribution in [1.29, 1.82) is 0 Å². The first-order chi connectivity index (χ1) is 10.0. The molecule has 0 spiro atoms. The second-order valence-corrected chi connectivity index (χ2v) is 5.38. The van der Waals surface area contributed by atoms with Gasteiger partial charge in [-0.05, 0) is 5.57 Å². The van der Waals surface area contributed by atoms with Crippen LogP contribution in [-0.2, 0) is 4.74 Å². The molecule has 118 valence electrons. The van der Waals surface area contributed by atoms with Gasteiger partial charge in [0, 0.05) is 39.1 Å². The van der Waals surface area contributed by atoms with E-state index in [1.807, 2.05) is 4.90 Å². The standard InChI is InChI=1S/C14H21F2N3O2/c1-21-6-5-19-7-10(12(8-19)18-14(17)20)9-3-2-4-11(15)13(9)16/h2-3,10-12H,4-8H2,1H3,(H3,17,18,20)/t10-,11?,12+/m0/s1. The average molecular weight is 301 g/mol. The first-order valence-corrected chi connectivity index (χ1v) is 7.00. The Bertz CT molecular complexity index is 454. The van der Waals surface area contributed by atoms with Crippen LogP contribution in [0.4, 0.5) is 13.6 Å². The number of rotatable bonds is 5. The maximum Gasteiger partial charge on any atom is 0.312 e. The van der Waals surface area contributed by atoms with E-state index >= 15 is 0 Å². The third-order valence-electron chi connectivity index (χ3n) is 3.93. The number of alkyl halides is 1. The normalized spacial score (nSPS) is 30.0. The van der Waals surface area contributed by atoms with Gasteiger partial charge in [0.05, 0.1) is 12.6 Å². The van der Waals surface area contributed by atoms with Gasteiger partial charge in [0.15, 0.2) is 6.17 Å². The molecule has 0 aromatic rings. The quantitative estimate of drug-likeness (QED) is 0.800. The lowest BCUT2D eigenvalue weighted by atomic mass is 9.89. The Morgan fingerprint density at radius 2 is 2.33 bits per heavy atom. The Labute approximate surface area is 122 Å². The van der Waals surface area contributed by atoms with Crippen molar-refractivity contribution in [3.8, 4) is 0 Å². The monoisotopic (exact) mass is 301 g/mol. The van der Waals surface area contributed by atoms with Crippen molar-refractivity contribution in [3.63, 3.8) is 0 Å². The van der Waals surface area contributed by atoms with Gasteiger partial charge in [0.2, 0.25) is 0 Å². The van der Waals surface area contributed by atoms with Gasteiger partial charge in [-0.3, -0.25) is 4.90 Å². The molecule has 21 heavy (non-hydrogen) atoms. The van der Waals surface area contributed by atoms with Crippen molar-refractivity contribution < 1.29 is 18.3 Å². The molecule has 0 aromatic heterocycles. The zero-order valence-electron chi connectivity index (χ0n) is 12.0. The van der Waals surface area contributed by atoms with Gasteiger partial charge >= 0.3 is 6.03 Å². The van der Waals surface area contributed by atoms with Crippen molar-refractivity contribution >= 4 is 6.03 Å². The molecular formula is C14H21F2N3O2. The third-order valence-corrected chi connectivity index (χ3v) is 3.93. The molecule has 1 aliphatic heterocycles. The van der Waals surface area contributed by atoms with Gasteiger partial charge in [-0.1, -0.05) is 12.2 Å². The first-order valence-electron chi connectivity index (χ1n) is 7.00. The van der Waals surface area contributed by atoms with Crippen molar-refractivity contribution in [2.24, 2.45) is 11.7 Å². The summed E-state index contributed by atoms with van der Waals surface area (Å²) in [5.41, 5.74) is 5.50. The SMILES string of the molecule is COCCN1C[C@@H](NC(N)=O)[C@H](C2=C(F)C(F)CC=C2)C1. The summed E-state index contributed by atoms with van der Waals surface area (Å²) in [7, 11) is 1.60. The molecule has 1 heterocycles. The van der Waals surface area contributed by atoms with Crippen LogP contribution in [-0.4, -0.2) is 56.5 Å². The maximum absolute atomic E-state index is 14.0. The van der Waals surface area contributed by atoms with Crippen molar-refractivity contribution in [1.82, 2.24) is 10.2 Å². The Morgan fingerprint density at radius 3 is 3.00 bits per heavy atom. The number of likely N-dealkylation sites (tertiary alicyclic amines) is 1. The number of hydrogen-bond donors (Lipinski definition) is 2. The van der Waals surface area contributed by atoms with Gasteiger partial charge in [-0.25, -0.2) is 13.6 Å². The zero-order valence-corrected chi connectivity index (χ0v) is 12.0. The summed E-state index contributed by atoms with van der Waals surface area (Å²) in [6, 6.07) is -0.980. The minimum absolute atomic E-state index is 0.0589. The molecular weight excluding hydrogens is 280 g/mol. The third kappa shape index (κ3) is 3.79. The average Bonchev–Trinajstić information content (AvgIpc) is 2.81. The summed E-state index contributed by atoms with van der Waals surface area (Å²) in [5, 5.41) is 2.63. The highest BCUT2D eigenvalue weighted by Gasteiger charge is 2.38. The van der Waals surface area contributed by atoms with Crippen LogP contribution in [0.3, 0.4) is 0 Å². The lowest BCUT2D eigenvalue weighted by molar-refractivity contribution is 0.159. The number of halogens is 2. The highest BCUT2D eigenvalue weighted by Crippen LogP contribution is 2.33. The fourth-order valence-corrected chi connectivity index (χ4v) is 2.91. The molecule has 1 unspecified atom stereocenters. The number of primary amides is 1. The molecule has 2 aliphatic rings. The first kappa shape index (κ1) is 15.9. The maximum atomic E-state index is 14.0. The lowest BCUT2D eigenvalue weighted by Gasteiger charge is -2.23. The number of nitrogens with zero attached hydrogens (tertiary/aromatic N) is 1. The Balaban J connectivity index is 2.15. The number of ether oxygens (including phenoxy) is 1. The minimum atomic E-state index is -1.59. The van der Waals surface area contributed by atoms with Gasteiger partial charge < -0.3 is 15.8 Å². The van der Waals surface area contributed by atoms with Crippen LogP contribution in [0.25, 0.3) is 0 Å². The van der Waals surface area contributed by atoms with Crippen LogP contribution in [0.5, 0.6) is 0 Å². The fraction of sp³-hybridized carbons (Fsp3) is 0.643. The zero-order chi connectivity index (χ0) is 15.4. The molecule has 2 rings (SSSR count). The van der Waals surface area contributed by atoms with E-state index in [-0.39, 0.29) is 18.4 Å². The van der Waals surface area contributed by atoms with Crippen LogP contribution < -0.4 is 11.1 Å². The second kappa shape index (κ2) is 7.00. The molecule has 1 fully saturated rings. The summed E-state index contributed by atoms with van der Waals surface area (Å²) in [4.78, 5) is 13.2. The van der Waals surface area contributed by atoms with Crippen LogP contribution in [0.2, 0.25) is 0 Å². The summed E-state index contributed by atoms with van der Waals surface area (Å²) in [5.74, 6) is -1.03. The van der Waals surface area contributed by atoms with Crippen LogP contribution in [0.15, 0.2) is 23.6 Å². The largest absolute Gasteiger partial charge is 0.383 e. The molecule has 7 heteroatoms. The van der Waals surface area contributed by atoms with Crippen molar-refractivity contribution in [2.75, 3.05) is 33.4 Å². The van der Waals surface area contributed by atoms with E-state index in [0.717, 1.165) is 0 Å². The summed E-state index contributed by atoms with van der Waals surface area (Å²) < 4.78 is 32.6. The molecule has 3 atom stereocenters. The van der Waals surface area contributed by atoms with E-state index in [1.165, 1.54) is 0 Å². The number of nitrogens with two attached hydrogens (primary N) is 1. The molecule has 0 saturated carbocycles. The number of hydrogen-bond acceptors (Lipinski definition) is 3. The summed E-state index contributed by atoms with van der Waals surface area (Å²) in [6.07, 6.45) is 1.71. The second-order valence-electron chi connectivity index (χ2n) is 5.38. The van der Waals surface area contributed by atoms with Gasteiger partial charge in [0.1, 0.15) is 5.83 Å². The molecule has 5 nitrogen and oxygen atoms in total. The van der Waals surface area contributed by atoms with Crippen LogP contribution in [0.1, 0.15) is 6.42 Å². The highest BCUT2D eigenvalue weighted by atomic mass is 19.2. The summed E-state index contributed by atoms with van der Waals surface area (Å²) in [6.45, 7) is 2.29. The van der Waals surface area contributed by atoms with Gasteiger partial charge in [0.25, 0.3) is 0 Å². The topological polar surface area (TPSA) is 67.6 Å². The molecule has 0 bridgehead atoms. The number of carbonyl (C=O) groups is 1. The smallest absolute Gasteiger partial charge is 0.312 e. The number of nitrogens with one attached hydrogen (secondary N) is 1. The van der Waals surface area contributed by atoms with E-state index in [9.17, 15) is 13.6 Å². The van der Waals surface area contributed by atoms with E-state index in [2.05, 4.69) is 5.32 Å². The predicted octanol–water partition coefficient (Wildman–Crippen LogP) is 1.12. The van der Waals surface area contributed by atoms with E-state index < -0.39 is 18.0 Å². The van der Waals surface area contributed by atoms with E-state index in [4.69, 9.17) is 10.5 Å². The Kier molecular flexibility index (Phi) is 5.30. The number of carbonyl (C=O) groups excluding carboxylic acids is 1. The number of amides is 2. The van der Waals surface area contributed by atoms with E-state index in [0.29, 0.717) is 31.8 Å². The van der Waals surface area contributed by atoms with Crippen LogP contribution in [0, 0.1) is 5.92 Å². The summed E-state index contributed by atoms with van der Waals surface area (Å²) >= 11 is 0. The van der Waals surface area contributed by atoms with Crippen molar-refractivity contribution in [2.45, 2.75) is 18.6 Å². The fourth-order valence-electron chi connectivity index (χ4n) is 2.91. The van der Waals surface area contributed by atoms with Gasteiger partial charge in [-0.15, -0.1) is 0 Å². The highest BCUT2D eigenvalue weighted by molar-refractivity contribution is 5.72. The van der Waals surface area contributed by atoms with Crippen LogP contribution >= 0.6 is 0 Å². The minimum Gasteiger partial charge on any atom is -0.383 e. The number of methoxy groups -OCH3 is 1. The Hall–Kier alpha value is -1.47. The molecule has 1 aliphatic carbocycles. The molecule has 0 radical (unpaired) electrons. The van der Waals surface area contributed by atoms with E-state index in [1.54, 1.807) is 19.3 Å². The lowest BCUT2D eigenvalue weighted by Crippen LogP contribution is -2.44. The molecule has 1 saturated heterocycles. The number of urea groups is 1.